The first-order valence-corrected chi connectivity index (χ1v) is 13.8. The summed E-state index contributed by atoms with van der Waals surface area (Å²) in [7, 11) is 0. The Morgan fingerprint density at radius 3 is 2.22 bits per heavy atom. The maximum absolute atomic E-state index is 13.7. The highest BCUT2D eigenvalue weighted by Gasteiger charge is 2.77. The third kappa shape index (κ3) is 3.73. The molecule has 0 saturated carbocycles. The van der Waals surface area contributed by atoms with Gasteiger partial charge in [0, 0.05) is 41.2 Å². The average molecular weight is 521 g/mol. The number of hydrogen-bond donors (Lipinski definition) is 2. The number of aryl methyl sites for hydroxylation is 1. The summed E-state index contributed by atoms with van der Waals surface area (Å²) < 4.78 is 25.5. The van der Waals surface area contributed by atoms with Gasteiger partial charge < -0.3 is 28.8 Å². The number of carbonyl (C=O) groups excluding carboxylic acids is 1. The van der Waals surface area contributed by atoms with E-state index in [4.69, 9.17) is 18.6 Å². The van der Waals surface area contributed by atoms with Crippen molar-refractivity contribution >= 4 is 5.78 Å². The van der Waals surface area contributed by atoms with E-state index < -0.39 is 47.1 Å². The highest BCUT2D eigenvalue weighted by Crippen LogP contribution is 2.64. The number of carbonyl (C=O) groups is 1. The molecule has 11 atom stereocenters. The number of Topliss-reactive ketones (excluding diaryl/α,β-unsaturated/α-hetero) is 1. The predicted octanol–water partition coefficient (Wildman–Crippen LogP) is 3.98. The monoisotopic (exact) mass is 520 g/mol. The van der Waals surface area contributed by atoms with Crippen LogP contribution in [-0.2, 0) is 25.4 Å². The largest absolute Gasteiger partial charge is 0.465 e. The zero-order valence-electron chi connectivity index (χ0n) is 23.9. The summed E-state index contributed by atoms with van der Waals surface area (Å²) in [5, 5.41) is 23.3. The Hall–Kier alpha value is -1.58. The van der Waals surface area contributed by atoms with Gasteiger partial charge in [0.25, 0.3) is 0 Å². The Balaban J connectivity index is 1.65. The first kappa shape index (κ1) is 28.4. The molecule has 0 radical (unpaired) electrons. The highest BCUT2D eigenvalue weighted by molar-refractivity contribution is 5.87. The van der Waals surface area contributed by atoms with Gasteiger partial charge in [-0.1, -0.05) is 48.5 Å². The molecule has 5 heterocycles. The van der Waals surface area contributed by atoms with Crippen molar-refractivity contribution in [1.82, 2.24) is 0 Å². The van der Waals surface area contributed by atoms with E-state index in [0.29, 0.717) is 35.5 Å². The summed E-state index contributed by atoms with van der Waals surface area (Å²) >= 11 is 0. The van der Waals surface area contributed by atoms with Gasteiger partial charge in [0.2, 0.25) is 0 Å². The van der Waals surface area contributed by atoms with Gasteiger partial charge in [0.05, 0.1) is 24.0 Å². The van der Waals surface area contributed by atoms with Crippen LogP contribution in [0.15, 0.2) is 9.21 Å². The summed E-state index contributed by atoms with van der Waals surface area (Å²) in [4.78, 5) is 26.4. The minimum atomic E-state index is -1.48. The SMILES string of the molecule is CCc1oc([C@@H](C)C(=O)[C@H](C)[C@H](O)[C@H](C)[C@]23O[C@H]4C(C)[C@](CC)(O[C@](O)([C@@H]4C)[C@@H]2C)O3)c(C)c(=O)c1C. The van der Waals surface area contributed by atoms with Crippen molar-refractivity contribution in [2.24, 2.45) is 29.6 Å². The predicted molar refractivity (Wildman–Crippen MR) is 137 cm³/mol. The second-order valence-electron chi connectivity index (χ2n) is 11.7. The van der Waals surface area contributed by atoms with Crippen molar-refractivity contribution in [1.29, 1.82) is 0 Å². The molecule has 4 aliphatic rings. The molecule has 2 N–H and O–H groups in total. The van der Waals surface area contributed by atoms with E-state index >= 15 is 0 Å². The van der Waals surface area contributed by atoms with Crippen LogP contribution in [0.1, 0.15) is 90.4 Å². The second kappa shape index (κ2) is 9.26. The van der Waals surface area contributed by atoms with Crippen LogP contribution in [0.5, 0.6) is 0 Å². The summed E-state index contributed by atoms with van der Waals surface area (Å²) in [6.45, 7) is 18.2. The maximum Gasteiger partial charge on any atom is 0.191 e. The Kier molecular flexibility index (Phi) is 7.12. The number of hydrogen-bond acceptors (Lipinski definition) is 8. The van der Waals surface area contributed by atoms with Crippen molar-refractivity contribution in [3.63, 3.8) is 0 Å². The molecular formula is C29H44O8. The zero-order chi connectivity index (χ0) is 27.8. The van der Waals surface area contributed by atoms with E-state index in [1.54, 1.807) is 34.6 Å². The van der Waals surface area contributed by atoms with Gasteiger partial charge in [-0.2, -0.15) is 0 Å². The van der Waals surface area contributed by atoms with E-state index in [1.807, 2.05) is 34.6 Å². The molecule has 8 nitrogen and oxygen atoms in total. The fourth-order valence-electron chi connectivity index (χ4n) is 7.15. The van der Waals surface area contributed by atoms with Crippen molar-refractivity contribution < 1.29 is 33.6 Å². The smallest absolute Gasteiger partial charge is 0.191 e. The summed E-state index contributed by atoms with van der Waals surface area (Å²) in [6, 6.07) is 0. The number of aliphatic hydroxyl groups is 2. The molecule has 4 saturated heterocycles. The van der Waals surface area contributed by atoms with Gasteiger partial charge in [0.15, 0.2) is 22.8 Å². The number of aliphatic hydroxyl groups excluding tert-OH is 1. The Bertz CT molecular complexity index is 1120. The lowest BCUT2D eigenvalue weighted by Gasteiger charge is -2.72. The summed E-state index contributed by atoms with van der Waals surface area (Å²) in [5.41, 5.74) is 0.854. The molecule has 1 unspecified atom stereocenters. The second-order valence-corrected chi connectivity index (χ2v) is 11.7. The van der Waals surface area contributed by atoms with Crippen LogP contribution >= 0.6 is 0 Å². The summed E-state index contributed by atoms with van der Waals surface area (Å²) in [6.07, 6.45) is -0.404. The molecule has 1 aromatic heterocycles. The van der Waals surface area contributed by atoms with Gasteiger partial charge in [0.1, 0.15) is 17.3 Å². The van der Waals surface area contributed by atoms with Gasteiger partial charge in [-0.05, 0) is 27.2 Å². The number of ether oxygens (including phenoxy) is 3. The average Bonchev–Trinajstić information content (AvgIpc) is 2.88. The van der Waals surface area contributed by atoms with Gasteiger partial charge >= 0.3 is 0 Å². The Morgan fingerprint density at radius 1 is 1.03 bits per heavy atom. The molecule has 1 aromatic rings. The number of ketones is 1. The lowest BCUT2D eigenvalue weighted by molar-refractivity contribution is -0.593. The lowest BCUT2D eigenvalue weighted by atomic mass is 9.63. The van der Waals surface area contributed by atoms with Crippen LogP contribution in [0, 0.1) is 43.4 Å². The Morgan fingerprint density at radius 2 is 1.65 bits per heavy atom. The standard InChI is InChI=1S/C29H44O8/c1-11-21-13(3)22(30)15(5)25(34-21)16(6)23(31)14(4)24(32)17(7)29-20(10)28(33)19(9)26(35-29)18(8)27(12-2,36-28)37-29/h14,16-20,24,26,32-33H,11-12H2,1-10H3/t14-,16-,17-,18?,19+,20-,24-,26-,27+,28+,29+/m0/s1. The van der Waals surface area contributed by atoms with Crippen LogP contribution in [0.4, 0.5) is 0 Å². The normalized spacial score (nSPS) is 39.9. The lowest BCUT2D eigenvalue weighted by Crippen LogP contribution is -2.83. The first-order chi connectivity index (χ1) is 17.1. The third-order valence-electron chi connectivity index (χ3n) is 9.99. The molecular weight excluding hydrogens is 476 g/mol. The van der Waals surface area contributed by atoms with Crippen LogP contribution in [0.25, 0.3) is 0 Å². The molecule has 8 heteroatoms. The molecule has 208 valence electrons. The topological polar surface area (TPSA) is 115 Å². The van der Waals surface area contributed by atoms with Crippen LogP contribution in [0.3, 0.4) is 0 Å². The highest BCUT2D eigenvalue weighted by atomic mass is 16.9. The van der Waals surface area contributed by atoms with E-state index in [1.165, 1.54) is 0 Å². The molecule has 0 amide bonds. The fraction of sp³-hybridized carbons (Fsp3) is 0.793. The van der Waals surface area contributed by atoms with E-state index in [-0.39, 0.29) is 29.2 Å². The fourth-order valence-corrected chi connectivity index (χ4v) is 7.15. The summed E-state index contributed by atoms with van der Waals surface area (Å²) in [5.74, 6) is -6.36. The minimum Gasteiger partial charge on any atom is -0.465 e. The van der Waals surface area contributed by atoms with E-state index in [0.717, 1.165) is 0 Å². The molecule has 0 aromatic carbocycles. The molecule has 37 heavy (non-hydrogen) atoms. The van der Waals surface area contributed by atoms with E-state index in [9.17, 15) is 19.8 Å². The van der Waals surface area contributed by atoms with Gasteiger partial charge in [-0.3, -0.25) is 9.59 Å². The van der Waals surface area contributed by atoms with Crippen LogP contribution in [0.2, 0.25) is 0 Å². The van der Waals surface area contributed by atoms with Gasteiger partial charge in [-0.25, -0.2) is 0 Å². The molecule has 4 fully saturated rings. The minimum absolute atomic E-state index is 0.114. The number of rotatable bonds is 8. The zero-order valence-corrected chi connectivity index (χ0v) is 23.9. The molecule has 4 bridgehead atoms. The van der Waals surface area contributed by atoms with Crippen molar-refractivity contribution in [3.05, 3.63) is 32.9 Å². The van der Waals surface area contributed by atoms with Crippen molar-refractivity contribution in [2.75, 3.05) is 0 Å². The van der Waals surface area contributed by atoms with E-state index in [2.05, 4.69) is 0 Å². The maximum atomic E-state index is 13.7. The van der Waals surface area contributed by atoms with Crippen LogP contribution in [-0.4, -0.2) is 45.6 Å². The molecule has 0 spiro atoms. The quantitative estimate of drug-likeness (QED) is 0.529. The van der Waals surface area contributed by atoms with Crippen LogP contribution < -0.4 is 5.43 Å². The van der Waals surface area contributed by atoms with Gasteiger partial charge in [-0.15, -0.1) is 0 Å². The molecule has 4 aliphatic heterocycles. The van der Waals surface area contributed by atoms with Crippen molar-refractivity contribution in [2.45, 2.75) is 118 Å². The van der Waals surface area contributed by atoms with Crippen molar-refractivity contribution in [3.8, 4) is 0 Å². The third-order valence-corrected chi connectivity index (χ3v) is 9.99. The first-order valence-electron chi connectivity index (χ1n) is 13.8. The molecule has 5 rings (SSSR count). The molecule has 0 aliphatic carbocycles. The Labute approximate surface area is 219 Å².